The smallest absolute Gasteiger partial charge is 0.173 e. The van der Waals surface area contributed by atoms with Gasteiger partial charge in [-0.05, 0) is 30.3 Å². The van der Waals surface area contributed by atoms with Crippen LogP contribution in [0.15, 0.2) is 24.3 Å². The molecule has 0 aliphatic carbocycles. The molecule has 2 rings (SSSR count). The van der Waals surface area contributed by atoms with Gasteiger partial charge in [-0.25, -0.2) is 0 Å². The lowest BCUT2D eigenvalue weighted by Crippen LogP contribution is -2.47. The van der Waals surface area contributed by atoms with Crippen molar-refractivity contribution in [2.75, 3.05) is 36.5 Å². The molecule has 0 radical (unpaired) electrons. The van der Waals surface area contributed by atoms with Gasteiger partial charge in [0, 0.05) is 26.7 Å². The molecular weight excluding hydrogens is 242 g/mol. The summed E-state index contributed by atoms with van der Waals surface area (Å²) in [6.45, 7) is 7.24. The van der Waals surface area contributed by atoms with Gasteiger partial charge in [0.2, 0.25) is 0 Å². The van der Waals surface area contributed by atoms with Crippen molar-refractivity contribution in [2.24, 2.45) is 5.92 Å². The SMILES string of the molecule is CC(C)CNC(=S)N1CCN(C)c2ccccc21. The molecule has 0 unspecified atom stereocenters. The Balaban J connectivity index is 2.15. The van der Waals surface area contributed by atoms with Crippen LogP contribution in [0, 0.1) is 5.92 Å². The molecule has 0 saturated heterocycles. The van der Waals surface area contributed by atoms with Crippen molar-refractivity contribution in [2.45, 2.75) is 13.8 Å². The number of nitrogens with one attached hydrogen (secondary N) is 1. The maximum Gasteiger partial charge on any atom is 0.173 e. The molecule has 0 bridgehead atoms. The number of fused-ring (bicyclic) bond motifs is 1. The van der Waals surface area contributed by atoms with Gasteiger partial charge in [0.15, 0.2) is 5.11 Å². The van der Waals surface area contributed by atoms with Gasteiger partial charge in [-0.1, -0.05) is 26.0 Å². The maximum atomic E-state index is 5.50. The summed E-state index contributed by atoms with van der Waals surface area (Å²) in [6.07, 6.45) is 0. The zero-order chi connectivity index (χ0) is 13.1. The summed E-state index contributed by atoms with van der Waals surface area (Å²) in [5.41, 5.74) is 2.45. The van der Waals surface area contributed by atoms with Crippen molar-refractivity contribution in [3.05, 3.63) is 24.3 Å². The summed E-state index contributed by atoms with van der Waals surface area (Å²) in [7, 11) is 2.13. The minimum Gasteiger partial charge on any atom is -0.371 e. The largest absolute Gasteiger partial charge is 0.371 e. The average Bonchev–Trinajstić information content (AvgIpc) is 2.37. The molecule has 0 spiro atoms. The first-order chi connectivity index (χ1) is 8.59. The highest BCUT2D eigenvalue weighted by atomic mass is 32.1. The van der Waals surface area contributed by atoms with E-state index in [9.17, 15) is 0 Å². The summed E-state index contributed by atoms with van der Waals surface area (Å²) < 4.78 is 0. The average molecular weight is 263 g/mol. The van der Waals surface area contributed by atoms with Crippen LogP contribution in [0.2, 0.25) is 0 Å². The van der Waals surface area contributed by atoms with Gasteiger partial charge in [0.25, 0.3) is 0 Å². The second-order valence-electron chi connectivity index (χ2n) is 5.14. The van der Waals surface area contributed by atoms with Crippen molar-refractivity contribution < 1.29 is 0 Å². The topological polar surface area (TPSA) is 18.5 Å². The van der Waals surface area contributed by atoms with Crippen LogP contribution in [0.3, 0.4) is 0 Å². The highest BCUT2D eigenvalue weighted by Gasteiger charge is 2.22. The van der Waals surface area contributed by atoms with Crippen molar-refractivity contribution in [3.63, 3.8) is 0 Å². The Morgan fingerprint density at radius 2 is 1.94 bits per heavy atom. The Bertz CT molecular complexity index is 431. The standard InChI is InChI=1S/C14H21N3S/c1-11(2)10-15-14(18)17-9-8-16(3)12-6-4-5-7-13(12)17/h4-7,11H,8-10H2,1-3H3,(H,15,18). The highest BCUT2D eigenvalue weighted by Crippen LogP contribution is 2.31. The molecule has 0 saturated carbocycles. The summed E-state index contributed by atoms with van der Waals surface area (Å²) in [5.74, 6) is 0.602. The molecule has 4 heteroatoms. The third kappa shape index (κ3) is 2.75. The molecular formula is C14H21N3S. The Kier molecular flexibility index (Phi) is 4.07. The van der Waals surface area contributed by atoms with Crippen LogP contribution >= 0.6 is 12.2 Å². The van der Waals surface area contributed by atoms with Crippen LogP contribution in [0.25, 0.3) is 0 Å². The Labute approximate surface area is 115 Å². The number of benzene rings is 1. The van der Waals surface area contributed by atoms with E-state index in [0.717, 1.165) is 24.7 Å². The Hall–Kier alpha value is -1.29. The van der Waals surface area contributed by atoms with Gasteiger partial charge >= 0.3 is 0 Å². The van der Waals surface area contributed by atoms with Gasteiger partial charge in [-0.15, -0.1) is 0 Å². The number of hydrogen-bond acceptors (Lipinski definition) is 2. The van der Waals surface area contributed by atoms with Crippen LogP contribution in [-0.2, 0) is 0 Å². The van der Waals surface area contributed by atoms with Gasteiger partial charge in [-0.3, -0.25) is 0 Å². The Morgan fingerprint density at radius 3 is 2.61 bits per heavy atom. The lowest BCUT2D eigenvalue weighted by Gasteiger charge is -2.37. The van der Waals surface area contributed by atoms with Crippen LogP contribution in [-0.4, -0.2) is 31.8 Å². The second-order valence-corrected chi connectivity index (χ2v) is 5.53. The monoisotopic (exact) mass is 263 g/mol. The summed E-state index contributed by atoms with van der Waals surface area (Å²) in [6, 6.07) is 8.42. The second kappa shape index (κ2) is 5.57. The third-order valence-corrected chi connectivity index (χ3v) is 3.51. The molecule has 1 aliphatic rings. The van der Waals surface area contributed by atoms with E-state index in [1.165, 1.54) is 11.4 Å². The first-order valence-corrected chi connectivity index (χ1v) is 6.86. The van der Waals surface area contributed by atoms with Gasteiger partial charge in [0.1, 0.15) is 0 Å². The van der Waals surface area contributed by atoms with E-state index >= 15 is 0 Å². The lowest BCUT2D eigenvalue weighted by molar-refractivity contribution is 0.622. The minimum atomic E-state index is 0.602. The summed E-state index contributed by atoms with van der Waals surface area (Å²) >= 11 is 5.50. The van der Waals surface area contributed by atoms with Crippen LogP contribution in [0.5, 0.6) is 0 Å². The number of nitrogens with zero attached hydrogens (tertiary/aromatic N) is 2. The number of hydrogen-bond donors (Lipinski definition) is 1. The normalized spacial score (nSPS) is 14.7. The fourth-order valence-electron chi connectivity index (χ4n) is 2.10. The van der Waals surface area contributed by atoms with Crippen LogP contribution < -0.4 is 15.1 Å². The van der Waals surface area contributed by atoms with Gasteiger partial charge < -0.3 is 15.1 Å². The van der Waals surface area contributed by atoms with Crippen molar-refractivity contribution in [1.29, 1.82) is 0 Å². The van der Waals surface area contributed by atoms with E-state index in [1.807, 2.05) is 0 Å². The molecule has 0 fully saturated rings. The van der Waals surface area contributed by atoms with Crippen molar-refractivity contribution >= 4 is 28.7 Å². The lowest BCUT2D eigenvalue weighted by atomic mass is 10.2. The minimum absolute atomic E-state index is 0.602. The number of rotatable bonds is 2. The van der Waals surface area contributed by atoms with E-state index in [4.69, 9.17) is 12.2 Å². The van der Waals surface area contributed by atoms with E-state index in [-0.39, 0.29) is 0 Å². The molecule has 1 aromatic rings. The third-order valence-electron chi connectivity index (χ3n) is 3.15. The predicted octanol–water partition coefficient (Wildman–Crippen LogP) is 2.47. The molecule has 98 valence electrons. The van der Waals surface area contributed by atoms with Gasteiger partial charge in [-0.2, -0.15) is 0 Å². The number of thiocarbonyl (C=S) groups is 1. The molecule has 1 heterocycles. The number of anilines is 2. The fraction of sp³-hybridized carbons (Fsp3) is 0.500. The first kappa shape index (κ1) is 13.1. The predicted molar refractivity (Wildman–Crippen MR) is 82.5 cm³/mol. The number of para-hydroxylation sites is 2. The zero-order valence-electron chi connectivity index (χ0n) is 11.3. The molecule has 18 heavy (non-hydrogen) atoms. The molecule has 1 aromatic carbocycles. The van der Waals surface area contributed by atoms with E-state index in [1.54, 1.807) is 0 Å². The molecule has 1 aliphatic heterocycles. The first-order valence-electron chi connectivity index (χ1n) is 6.45. The highest BCUT2D eigenvalue weighted by molar-refractivity contribution is 7.80. The summed E-state index contributed by atoms with van der Waals surface area (Å²) in [4.78, 5) is 4.48. The van der Waals surface area contributed by atoms with Crippen LogP contribution in [0.1, 0.15) is 13.8 Å². The molecule has 0 amide bonds. The summed E-state index contributed by atoms with van der Waals surface area (Å²) in [5, 5.41) is 4.18. The van der Waals surface area contributed by atoms with Gasteiger partial charge in [0.05, 0.1) is 11.4 Å². The maximum absolute atomic E-state index is 5.50. The zero-order valence-corrected chi connectivity index (χ0v) is 12.1. The van der Waals surface area contributed by atoms with Crippen LogP contribution in [0.4, 0.5) is 11.4 Å². The number of likely N-dealkylation sites (N-methyl/N-ethyl adjacent to an activating group) is 1. The fourth-order valence-corrected chi connectivity index (χ4v) is 2.38. The molecule has 3 nitrogen and oxygen atoms in total. The van der Waals surface area contributed by atoms with Crippen molar-refractivity contribution in [1.82, 2.24) is 5.32 Å². The Morgan fingerprint density at radius 1 is 1.28 bits per heavy atom. The molecule has 1 N–H and O–H groups in total. The van der Waals surface area contributed by atoms with Crippen molar-refractivity contribution in [3.8, 4) is 0 Å². The van der Waals surface area contributed by atoms with E-state index in [0.29, 0.717) is 5.92 Å². The van der Waals surface area contributed by atoms with E-state index < -0.39 is 0 Å². The van der Waals surface area contributed by atoms with E-state index in [2.05, 4.69) is 60.3 Å². The molecule has 0 aromatic heterocycles. The quantitative estimate of drug-likeness (QED) is 0.826. The molecule has 0 atom stereocenters.